The maximum atomic E-state index is 13.8. The van der Waals surface area contributed by atoms with Crippen molar-refractivity contribution in [3.8, 4) is 0 Å². The van der Waals surface area contributed by atoms with Gasteiger partial charge in [-0.1, -0.05) is 15.9 Å². The molecule has 0 aliphatic heterocycles. The maximum absolute atomic E-state index is 13.8. The minimum absolute atomic E-state index is 0.0106. The Bertz CT molecular complexity index is 582. The molecule has 0 saturated heterocycles. The summed E-state index contributed by atoms with van der Waals surface area (Å²) in [5.74, 6) is -0.160. The number of benzene rings is 1. The third kappa shape index (κ3) is 4.14. The highest BCUT2D eigenvalue weighted by Gasteiger charge is 2.14. The van der Waals surface area contributed by atoms with E-state index in [0.29, 0.717) is 11.6 Å². The quantitative estimate of drug-likeness (QED) is 0.773. The number of nitrogens with one attached hydrogen (secondary N) is 1. The van der Waals surface area contributed by atoms with Crippen LogP contribution in [0.3, 0.4) is 0 Å². The molecule has 0 saturated carbocycles. The standard InChI is InChI=1S/C16H19BrFNS/c1-10(8-14-6-4-11(2)20-14)19-12(3)15-9-13(17)5-7-16(15)18/h4-7,9-10,12,19H,8H2,1-3H3. The lowest BCUT2D eigenvalue weighted by Gasteiger charge is -2.20. The van der Waals surface area contributed by atoms with Gasteiger partial charge in [0.2, 0.25) is 0 Å². The van der Waals surface area contributed by atoms with Crippen molar-refractivity contribution < 1.29 is 4.39 Å². The van der Waals surface area contributed by atoms with Crippen molar-refractivity contribution in [2.45, 2.75) is 39.3 Å². The van der Waals surface area contributed by atoms with Gasteiger partial charge in [0.05, 0.1) is 0 Å². The molecule has 1 aromatic carbocycles. The molecule has 0 fully saturated rings. The van der Waals surface area contributed by atoms with Gasteiger partial charge in [0.25, 0.3) is 0 Å². The molecule has 20 heavy (non-hydrogen) atoms. The largest absolute Gasteiger partial charge is 0.307 e. The van der Waals surface area contributed by atoms with Crippen molar-refractivity contribution in [1.82, 2.24) is 5.32 Å². The van der Waals surface area contributed by atoms with Crippen LogP contribution in [-0.4, -0.2) is 6.04 Å². The molecule has 108 valence electrons. The maximum Gasteiger partial charge on any atom is 0.128 e. The van der Waals surface area contributed by atoms with Crippen LogP contribution in [0.4, 0.5) is 4.39 Å². The van der Waals surface area contributed by atoms with Crippen molar-refractivity contribution in [1.29, 1.82) is 0 Å². The number of rotatable bonds is 5. The lowest BCUT2D eigenvalue weighted by atomic mass is 10.1. The Morgan fingerprint density at radius 1 is 1.25 bits per heavy atom. The Morgan fingerprint density at radius 2 is 2.00 bits per heavy atom. The number of thiophene rings is 1. The third-order valence-corrected chi connectivity index (χ3v) is 4.78. The minimum atomic E-state index is -0.160. The van der Waals surface area contributed by atoms with Gasteiger partial charge in [-0.25, -0.2) is 4.39 Å². The van der Waals surface area contributed by atoms with Gasteiger partial charge < -0.3 is 5.32 Å². The zero-order valence-corrected chi connectivity index (χ0v) is 14.3. The predicted octanol–water partition coefficient (Wildman–Crippen LogP) is 5.24. The molecule has 0 aliphatic carbocycles. The molecular weight excluding hydrogens is 337 g/mol. The SMILES string of the molecule is Cc1ccc(CC(C)NC(C)c2cc(Br)ccc2F)s1. The van der Waals surface area contributed by atoms with Crippen LogP contribution in [0.1, 0.15) is 35.2 Å². The zero-order valence-electron chi connectivity index (χ0n) is 11.9. The third-order valence-electron chi connectivity index (χ3n) is 3.26. The average molecular weight is 356 g/mol. The summed E-state index contributed by atoms with van der Waals surface area (Å²) in [5, 5.41) is 3.47. The van der Waals surface area contributed by atoms with E-state index in [1.807, 2.05) is 24.3 Å². The minimum Gasteiger partial charge on any atom is -0.307 e. The van der Waals surface area contributed by atoms with E-state index in [1.54, 1.807) is 6.07 Å². The molecule has 1 aromatic heterocycles. The molecule has 2 atom stereocenters. The predicted molar refractivity (Wildman–Crippen MR) is 87.9 cm³/mol. The van der Waals surface area contributed by atoms with E-state index in [0.717, 1.165) is 10.9 Å². The second-order valence-corrected chi connectivity index (χ2v) is 7.46. The lowest BCUT2D eigenvalue weighted by Crippen LogP contribution is -2.31. The van der Waals surface area contributed by atoms with Gasteiger partial charge in [0, 0.05) is 31.9 Å². The van der Waals surface area contributed by atoms with Gasteiger partial charge in [-0.2, -0.15) is 0 Å². The Balaban J connectivity index is 1.99. The van der Waals surface area contributed by atoms with E-state index < -0.39 is 0 Å². The first-order chi connectivity index (χ1) is 9.45. The Morgan fingerprint density at radius 3 is 2.65 bits per heavy atom. The highest BCUT2D eigenvalue weighted by atomic mass is 79.9. The molecule has 4 heteroatoms. The summed E-state index contributed by atoms with van der Waals surface area (Å²) in [4.78, 5) is 2.70. The highest BCUT2D eigenvalue weighted by molar-refractivity contribution is 9.10. The fraction of sp³-hybridized carbons (Fsp3) is 0.375. The van der Waals surface area contributed by atoms with Crippen LogP contribution in [0.2, 0.25) is 0 Å². The number of hydrogen-bond donors (Lipinski definition) is 1. The van der Waals surface area contributed by atoms with Gasteiger partial charge in [0.1, 0.15) is 5.82 Å². The molecule has 0 radical (unpaired) electrons. The molecule has 1 heterocycles. The summed E-state index contributed by atoms with van der Waals surface area (Å²) in [6.07, 6.45) is 0.971. The van der Waals surface area contributed by atoms with Gasteiger partial charge in [0.15, 0.2) is 0 Å². The molecule has 1 nitrogen and oxygen atoms in total. The first-order valence-corrected chi connectivity index (χ1v) is 8.33. The topological polar surface area (TPSA) is 12.0 Å². The summed E-state index contributed by atoms with van der Waals surface area (Å²) >= 11 is 5.22. The lowest BCUT2D eigenvalue weighted by molar-refractivity contribution is 0.462. The van der Waals surface area contributed by atoms with Gasteiger partial charge >= 0.3 is 0 Å². The van der Waals surface area contributed by atoms with E-state index in [2.05, 4.69) is 47.2 Å². The molecule has 0 spiro atoms. The van der Waals surface area contributed by atoms with Crippen LogP contribution in [0.15, 0.2) is 34.8 Å². The fourth-order valence-corrected chi connectivity index (χ4v) is 3.72. The molecule has 2 unspecified atom stereocenters. The van der Waals surface area contributed by atoms with Crippen LogP contribution >= 0.6 is 27.3 Å². The van der Waals surface area contributed by atoms with Crippen LogP contribution in [-0.2, 0) is 6.42 Å². The summed E-state index contributed by atoms with van der Waals surface area (Å²) < 4.78 is 14.7. The Kier molecular flexibility index (Phi) is 5.35. The van der Waals surface area contributed by atoms with Crippen molar-refractivity contribution in [3.63, 3.8) is 0 Å². The van der Waals surface area contributed by atoms with Crippen LogP contribution < -0.4 is 5.32 Å². The monoisotopic (exact) mass is 355 g/mol. The molecule has 2 aromatic rings. The van der Waals surface area contributed by atoms with Crippen molar-refractivity contribution in [3.05, 3.63) is 55.9 Å². The van der Waals surface area contributed by atoms with E-state index in [-0.39, 0.29) is 11.9 Å². The Hall–Kier alpha value is -0.710. The molecule has 2 rings (SSSR count). The molecule has 1 N–H and O–H groups in total. The fourth-order valence-electron chi connectivity index (χ4n) is 2.32. The zero-order chi connectivity index (χ0) is 14.7. The Labute approximate surface area is 132 Å². The summed E-state index contributed by atoms with van der Waals surface area (Å²) in [7, 11) is 0. The van der Waals surface area contributed by atoms with Crippen LogP contribution in [0, 0.1) is 12.7 Å². The van der Waals surface area contributed by atoms with Crippen LogP contribution in [0.5, 0.6) is 0 Å². The van der Waals surface area contributed by atoms with Crippen molar-refractivity contribution in [2.24, 2.45) is 0 Å². The van der Waals surface area contributed by atoms with Gasteiger partial charge in [-0.3, -0.25) is 0 Å². The normalized spacial score (nSPS) is 14.2. The second kappa shape index (κ2) is 6.83. The number of aryl methyl sites for hydroxylation is 1. The first kappa shape index (κ1) is 15.7. The van der Waals surface area contributed by atoms with Gasteiger partial charge in [-0.05, 0) is 57.5 Å². The van der Waals surface area contributed by atoms with Crippen molar-refractivity contribution >= 4 is 27.3 Å². The average Bonchev–Trinajstić information content (AvgIpc) is 2.77. The number of halogens is 2. The van der Waals surface area contributed by atoms with E-state index in [1.165, 1.54) is 15.8 Å². The number of hydrogen-bond acceptors (Lipinski definition) is 2. The smallest absolute Gasteiger partial charge is 0.128 e. The van der Waals surface area contributed by atoms with Gasteiger partial charge in [-0.15, -0.1) is 11.3 Å². The molecular formula is C16H19BrFNS. The van der Waals surface area contributed by atoms with E-state index in [4.69, 9.17) is 0 Å². The van der Waals surface area contributed by atoms with Crippen LogP contribution in [0.25, 0.3) is 0 Å². The molecule has 0 bridgehead atoms. The second-order valence-electron chi connectivity index (χ2n) is 5.17. The van der Waals surface area contributed by atoms with E-state index >= 15 is 0 Å². The van der Waals surface area contributed by atoms with E-state index in [9.17, 15) is 4.39 Å². The summed E-state index contributed by atoms with van der Waals surface area (Å²) in [5.41, 5.74) is 0.702. The first-order valence-electron chi connectivity index (χ1n) is 6.72. The molecule has 0 amide bonds. The highest BCUT2D eigenvalue weighted by Crippen LogP contribution is 2.23. The summed E-state index contributed by atoms with van der Waals surface area (Å²) in [6.45, 7) is 6.26. The summed E-state index contributed by atoms with van der Waals surface area (Å²) in [6, 6.07) is 9.68. The van der Waals surface area contributed by atoms with Crippen molar-refractivity contribution in [2.75, 3.05) is 0 Å². The molecule has 0 aliphatic rings.